The number of carbonyl (C=O) groups is 1. The molecule has 1 aliphatic heterocycles. The lowest BCUT2D eigenvalue weighted by molar-refractivity contribution is 0.0625. The zero-order valence-corrected chi connectivity index (χ0v) is 17.2. The Kier molecular flexibility index (Phi) is 5.07. The lowest BCUT2D eigenvalue weighted by atomic mass is 9.91. The van der Waals surface area contributed by atoms with Crippen LogP contribution >= 0.6 is 11.6 Å². The summed E-state index contributed by atoms with van der Waals surface area (Å²) < 4.78 is 0. The van der Waals surface area contributed by atoms with Crippen molar-refractivity contribution in [3.8, 4) is 11.4 Å². The fraction of sp³-hybridized carbons (Fsp3) is 0.348. The zero-order chi connectivity index (χ0) is 19.8. The van der Waals surface area contributed by atoms with E-state index in [0.29, 0.717) is 28.1 Å². The van der Waals surface area contributed by atoms with Crippen molar-refractivity contribution in [1.29, 1.82) is 0 Å². The standard InChI is InChI=1S/C23H24ClN3O/c1-14-10-15(2)13-27(12-14)23(28)18-11-21(20-6-4-5-9-25-20)26-22-16(3)19(24)8-7-17(18)22/h4-9,11,14-15H,10,12-13H2,1-3H3/t14-,15-/m0/s1. The van der Waals surface area contributed by atoms with Gasteiger partial charge in [-0.15, -0.1) is 0 Å². The van der Waals surface area contributed by atoms with Gasteiger partial charge in [0.2, 0.25) is 0 Å². The fourth-order valence-corrected chi connectivity index (χ4v) is 4.38. The SMILES string of the molecule is Cc1c(Cl)ccc2c(C(=O)N3C[C@@H](C)C[C@H](C)C3)cc(-c3ccccn3)nc12. The molecule has 1 aromatic carbocycles. The van der Waals surface area contributed by atoms with Crippen molar-refractivity contribution in [2.75, 3.05) is 13.1 Å². The van der Waals surface area contributed by atoms with E-state index in [4.69, 9.17) is 16.6 Å². The molecule has 0 spiro atoms. The molecule has 28 heavy (non-hydrogen) atoms. The third-order valence-electron chi connectivity index (χ3n) is 5.48. The second-order valence-corrected chi connectivity index (χ2v) is 8.40. The van der Waals surface area contributed by atoms with Gasteiger partial charge in [0.25, 0.3) is 5.91 Å². The summed E-state index contributed by atoms with van der Waals surface area (Å²) >= 11 is 6.35. The topological polar surface area (TPSA) is 46.1 Å². The Labute approximate surface area is 170 Å². The minimum atomic E-state index is 0.0599. The molecule has 3 heterocycles. The molecule has 144 valence electrons. The van der Waals surface area contributed by atoms with E-state index in [1.807, 2.05) is 48.2 Å². The molecule has 1 fully saturated rings. The molecule has 2 atom stereocenters. The molecule has 1 amide bonds. The number of aryl methyl sites for hydroxylation is 1. The van der Waals surface area contributed by atoms with Crippen molar-refractivity contribution in [1.82, 2.24) is 14.9 Å². The van der Waals surface area contributed by atoms with Gasteiger partial charge in [-0.1, -0.05) is 37.6 Å². The summed E-state index contributed by atoms with van der Waals surface area (Å²) in [6, 6.07) is 11.3. The molecule has 4 rings (SSSR count). The zero-order valence-electron chi connectivity index (χ0n) is 16.4. The number of rotatable bonds is 2. The predicted octanol–water partition coefficient (Wildman–Crippen LogP) is 5.38. The van der Waals surface area contributed by atoms with Crippen LogP contribution in [0.5, 0.6) is 0 Å². The number of likely N-dealkylation sites (tertiary alicyclic amines) is 1. The van der Waals surface area contributed by atoms with Crippen molar-refractivity contribution < 1.29 is 4.79 Å². The minimum Gasteiger partial charge on any atom is -0.338 e. The average molecular weight is 394 g/mol. The summed E-state index contributed by atoms with van der Waals surface area (Å²) in [6.07, 6.45) is 2.90. The van der Waals surface area contributed by atoms with E-state index in [0.717, 1.165) is 41.7 Å². The number of carbonyl (C=O) groups excluding carboxylic acids is 1. The number of fused-ring (bicyclic) bond motifs is 1. The molecule has 0 aliphatic carbocycles. The highest BCUT2D eigenvalue weighted by Crippen LogP contribution is 2.31. The van der Waals surface area contributed by atoms with E-state index < -0.39 is 0 Å². The third kappa shape index (κ3) is 3.49. The molecule has 0 unspecified atom stereocenters. The van der Waals surface area contributed by atoms with E-state index in [-0.39, 0.29) is 5.91 Å². The van der Waals surface area contributed by atoms with Gasteiger partial charge in [-0.05, 0) is 55.0 Å². The molecule has 0 radical (unpaired) electrons. The molecule has 4 nitrogen and oxygen atoms in total. The fourth-order valence-electron chi connectivity index (χ4n) is 4.23. The van der Waals surface area contributed by atoms with Crippen LogP contribution in [0.2, 0.25) is 5.02 Å². The van der Waals surface area contributed by atoms with Crippen LogP contribution in [0.4, 0.5) is 0 Å². The maximum Gasteiger partial charge on any atom is 0.254 e. The Bertz CT molecular complexity index is 1020. The van der Waals surface area contributed by atoms with Gasteiger partial charge >= 0.3 is 0 Å². The smallest absolute Gasteiger partial charge is 0.254 e. The van der Waals surface area contributed by atoms with Crippen LogP contribution in [0.25, 0.3) is 22.3 Å². The van der Waals surface area contributed by atoms with Gasteiger partial charge in [-0.3, -0.25) is 9.78 Å². The lowest BCUT2D eigenvalue weighted by Gasteiger charge is -2.35. The molecule has 0 saturated carbocycles. The van der Waals surface area contributed by atoms with Gasteiger partial charge < -0.3 is 4.90 Å². The van der Waals surface area contributed by atoms with Crippen LogP contribution in [0.15, 0.2) is 42.6 Å². The summed E-state index contributed by atoms with van der Waals surface area (Å²) in [4.78, 5) is 24.7. The van der Waals surface area contributed by atoms with Gasteiger partial charge in [0.1, 0.15) is 0 Å². The summed E-state index contributed by atoms with van der Waals surface area (Å²) in [7, 11) is 0. The van der Waals surface area contributed by atoms with E-state index in [9.17, 15) is 4.79 Å². The van der Waals surface area contributed by atoms with Crippen LogP contribution in [0.1, 0.15) is 36.2 Å². The molecule has 5 heteroatoms. The second-order valence-electron chi connectivity index (χ2n) is 7.99. The summed E-state index contributed by atoms with van der Waals surface area (Å²) in [6.45, 7) is 7.95. The molecule has 1 saturated heterocycles. The Balaban J connectivity index is 1.89. The van der Waals surface area contributed by atoms with Crippen molar-refractivity contribution in [3.05, 3.63) is 58.7 Å². The largest absolute Gasteiger partial charge is 0.338 e. The van der Waals surface area contributed by atoms with Crippen molar-refractivity contribution in [2.45, 2.75) is 27.2 Å². The molecular formula is C23H24ClN3O. The average Bonchev–Trinajstić information content (AvgIpc) is 2.69. The molecule has 2 aromatic heterocycles. The lowest BCUT2D eigenvalue weighted by Crippen LogP contribution is -2.42. The molecular weight excluding hydrogens is 370 g/mol. The third-order valence-corrected chi connectivity index (χ3v) is 5.89. The maximum absolute atomic E-state index is 13.5. The first kappa shape index (κ1) is 18.9. The van der Waals surface area contributed by atoms with E-state index in [2.05, 4.69) is 18.8 Å². The van der Waals surface area contributed by atoms with Crippen molar-refractivity contribution in [2.24, 2.45) is 11.8 Å². The first-order valence-corrected chi connectivity index (χ1v) is 10.1. The van der Waals surface area contributed by atoms with Gasteiger partial charge in [-0.25, -0.2) is 4.98 Å². The Morgan fingerprint density at radius 2 is 1.86 bits per heavy atom. The first-order chi connectivity index (χ1) is 13.4. The van der Waals surface area contributed by atoms with E-state index >= 15 is 0 Å². The molecule has 3 aromatic rings. The van der Waals surface area contributed by atoms with Crippen LogP contribution in [-0.4, -0.2) is 33.9 Å². The van der Waals surface area contributed by atoms with Crippen LogP contribution < -0.4 is 0 Å². The summed E-state index contributed by atoms with van der Waals surface area (Å²) in [5.74, 6) is 1.07. The van der Waals surface area contributed by atoms with Gasteiger partial charge in [0.15, 0.2) is 0 Å². The van der Waals surface area contributed by atoms with Gasteiger partial charge in [-0.2, -0.15) is 0 Å². The first-order valence-electron chi connectivity index (χ1n) is 9.74. The van der Waals surface area contributed by atoms with Crippen LogP contribution in [0.3, 0.4) is 0 Å². The number of hydrogen-bond acceptors (Lipinski definition) is 3. The molecule has 1 aliphatic rings. The number of halogens is 1. The Morgan fingerprint density at radius 1 is 1.11 bits per heavy atom. The molecule has 0 bridgehead atoms. The predicted molar refractivity (Wildman–Crippen MR) is 114 cm³/mol. The van der Waals surface area contributed by atoms with E-state index in [1.165, 1.54) is 0 Å². The van der Waals surface area contributed by atoms with Crippen molar-refractivity contribution >= 4 is 28.4 Å². The Morgan fingerprint density at radius 3 is 2.54 bits per heavy atom. The molecule has 0 N–H and O–H groups in total. The minimum absolute atomic E-state index is 0.0599. The van der Waals surface area contributed by atoms with E-state index in [1.54, 1.807) is 6.20 Å². The number of piperidine rings is 1. The van der Waals surface area contributed by atoms with Crippen LogP contribution in [0, 0.1) is 18.8 Å². The summed E-state index contributed by atoms with van der Waals surface area (Å²) in [5.41, 5.74) is 3.76. The number of amides is 1. The monoisotopic (exact) mass is 393 g/mol. The Hall–Kier alpha value is -2.46. The highest BCUT2D eigenvalue weighted by molar-refractivity contribution is 6.32. The van der Waals surface area contributed by atoms with Gasteiger partial charge in [0, 0.05) is 29.7 Å². The quantitative estimate of drug-likeness (QED) is 0.587. The van der Waals surface area contributed by atoms with Crippen LogP contribution in [-0.2, 0) is 0 Å². The van der Waals surface area contributed by atoms with Crippen molar-refractivity contribution in [3.63, 3.8) is 0 Å². The maximum atomic E-state index is 13.5. The number of pyridine rings is 2. The van der Waals surface area contributed by atoms with Gasteiger partial charge in [0.05, 0.1) is 22.5 Å². The highest BCUT2D eigenvalue weighted by Gasteiger charge is 2.28. The number of nitrogens with zero attached hydrogens (tertiary/aromatic N) is 3. The highest BCUT2D eigenvalue weighted by atomic mass is 35.5. The second kappa shape index (κ2) is 7.51. The number of benzene rings is 1. The number of aromatic nitrogens is 2. The number of hydrogen-bond donors (Lipinski definition) is 0. The normalized spacial score (nSPS) is 19.8. The summed E-state index contributed by atoms with van der Waals surface area (Å²) in [5, 5.41) is 1.49.